The zero-order valence-corrected chi connectivity index (χ0v) is 25.7. The number of aromatic nitrogens is 3. The summed E-state index contributed by atoms with van der Waals surface area (Å²) in [6.45, 7) is 17.9. The van der Waals surface area contributed by atoms with Crippen LogP contribution in [0.25, 0.3) is 12.2 Å². The summed E-state index contributed by atoms with van der Waals surface area (Å²) in [6.07, 6.45) is 11.9. The Labute approximate surface area is 238 Å². The molecule has 3 N–H and O–H groups in total. The van der Waals surface area contributed by atoms with Crippen molar-refractivity contribution in [2.45, 2.75) is 113 Å². The summed E-state index contributed by atoms with van der Waals surface area (Å²) >= 11 is 0. The molecule has 0 aliphatic carbocycles. The molecule has 0 spiro atoms. The first-order valence-corrected chi connectivity index (χ1v) is 15.6. The van der Waals surface area contributed by atoms with Crippen LogP contribution in [0.2, 0.25) is 0 Å². The highest BCUT2D eigenvalue weighted by Gasteiger charge is 2.25. The zero-order valence-electron chi connectivity index (χ0n) is 25.7. The lowest BCUT2D eigenvalue weighted by molar-refractivity contribution is 0.757. The van der Waals surface area contributed by atoms with Crippen LogP contribution in [0.1, 0.15) is 107 Å². The van der Waals surface area contributed by atoms with Crippen molar-refractivity contribution >= 4 is 23.7 Å². The van der Waals surface area contributed by atoms with Gasteiger partial charge in [0.2, 0.25) is 0 Å². The standard InChI is InChI=1S/C34H46N6/c1-9-19-23(13-5)31-35-27(19)17-28-20(10-2)24(14-6)33(36-28)40-34-26(16-8)22(12-4)30(38-34)18-29-21(11-3)25(15-7)32(37-29)39-31/h17-18,31,38H,9-16H2,1-8H3,(H,37,39)(H,36,40)/b28-17?,29-18-. The lowest BCUT2D eigenvalue weighted by atomic mass is 9.99. The van der Waals surface area contributed by atoms with Crippen molar-refractivity contribution < 1.29 is 0 Å². The summed E-state index contributed by atoms with van der Waals surface area (Å²) in [5.41, 5.74) is 14.7. The van der Waals surface area contributed by atoms with Crippen molar-refractivity contribution in [3.63, 3.8) is 0 Å². The summed E-state index contributed by atoms with van der Waals surface area (Å²) in [6, 6.07) is 0. The smallest absolute Gasteiger partial charge is 0.164 e. The molecule has 3 aromatic rings. The Kier molecular flexibility index (Phi) is 8.16. The monoisotopic (exact) mass is 538 g/mol. The second-order valence-corrected chi connectivity index (χ2v) is 10.8. The van der Waals surface area contributed by atoms with Crippen LogP contribution in [0, 0.1) is 0 Å². The van der Waals surface area contributed by atoms with E-state index < -0.39 is 0 Å². The summed E-state index contributed by atoms with van der Waals surface area (Å²) in [5.74, 6) is 0.966. The van der Waals surface area contributed by atoms with Gasteiger partial charge < -0.3 is 15.0 Å². The molecule has 3 aromatic heterocycles. The summed E-state index contributed by atoms with van der Waals surface area (Å²) < 4.78 is 0. The van der Waals surface area contributed by atoms with Crippen LogP contribution in [0.5, 0.6) is 0 Å². The minimum atomic E-state index is -0.189. The van der Waals surface area contributed by atoms with Gasteiger partial charge in [0.1, 0.15) is 16.8 Å². The van der Waals surface area contributed by atoms with E-state index >= 15 is 0 Å². The SMILES string of the molecule is CCC1=C(CC)C2N=C1C=c1[nH]c(c(CC)c1CC)=Nc1[nH]c(c(CC)c1CC)/C=c1\[nH]/c(c(CC)c1CC)=N\2. The molecule has 1 atom stereocenters. The highest BCUT2D eigenvalue weighted by molar-refractivity contribution is 6.22. The van der Waals surface area contributed by atoms with Crippen LogP contribution in [-0.4, -0.2) is 26.8 Å². The van der Waals surface area contributed by atoms with Gasteiger partial charge in [0.05, 0.1) is 5.71 Å². The third-order valence-electron chi connectivity index (χ3n) is 8.86. The minimum absolute atomic E-state index is 0.189. The Hall–Kier alpha value is -3.41. The minimum Gasteiger partial charge on any atom is -0.340 e. The molecule has 0 amide bonds. The first-order valence-electron chi connectivity index (χ1n) is 15.6. The molecule has 8 bridgehead atoms. The van der Waals surface area contributed by atoms with Gasteiger partial charge in [-0.3, -0.25) is 4.99 Å². The molecule has 0 saturated heterocycles. The number of nitrogens with zero attached hydrogens (tertiary/aromatic N) is 3. The van der Waals surface area contributed by atoms with Gasteiger partial charge in [-0.1, -0.05) is 55.4 Å². The summed E-state index contributed by atoms with van der Waals surface area (Å²) in [4.78, 5) is 27.1. The molecular weight excluding hydrogens is 492 g/mol. The molecule has 0 saturated carbocycles. The van der Waals surface area contributed by atoms with Crippen LogP contribution in [0.15, 0.2) is 26.1 Å². The number of nitrogens with one attached hydrogen (secondary N) is 3. The van der Waals surface area contributed by atoms with E-state index in [-0.39, 0.29) is 6.17 Å². The Bertz CT molecular complexity index is 1730. The fraction of sp³-hybridized carbons (Fsp3) is 0.500. The van der Waals surface area contributed by atoms with Crippen molar-refractivity contribution in [3.05, 3.63) is 71.9 Å². The average molecular weight is 539 g/mol. The maximum atomic E-state index is 5.32. The molecule has 5 heterocycles. The Morgan fingerprint density at radius 3 is 1.70 bits per heavy atom. The number of hydrogen-bond acceptors (Lipinski definition) is 3. The van der Waals surface area contributed by atoms with Crippen LogP contribution < -0.4 is 21.7 Å². The van der Waals surface area contributed by atoms with Gasteiger partial charge in [0, 0.05) is 16.4 Å². The zero-order chi connectivity index (χ0) is 28.6. The first-order chi connectivity index (χ1) is 19.5. The van der Waals surface area contributed by atoms with Crippen LogP contribution in [0.3, 0.4) is 0 Å². The third kappa shape index (κ3) is 4.55. The molecule has 40 heavy (non-hydrogen) atoms. The van der Waals surface area contributed by atoms with Gasteiger partial charge in [-0.2, -0.15) is 0 Å². The normalized spacial score (nSPS) is 18.1. The number of allylic oxidation sites excluding steroid dienone is 1. The van der Waals surface area contributed by atoms with Gasteiger partial charge in [0.25, 0.3) is 0 Å². The van der Waals surface area contributed by atoms with Crippen LogP contribution in [0.4, 0.5) is 5.82 Å². The molecule has 1 unspecified atom stereocenters. The number of aliphatic imine (C=N–C) groups is 1. The van der Waals surface area contributed by atoms with Crippen molar-refractivity contribution in [1.82, 2.24) is 15.0 Å². The summed E-state index contributed by atoms with van der Waals surface area (Å²) in [7, 11) is 0. The summed E-state index contributed by atoms with van der Waals surface area (Å²) in [5, 5.41) is 2.27. The maximum Gasteiger partial charge on any atom is 0.164 e. The third-order valence-corrected chi connectivity index (χ3v) is 8.86. The van der Waals surface area contributed by atoms with Crippen molar-refractivity contribution in [2.24, 2.45) is 15.0 Å². The Morgan fingerprint density at radius 1 is 0.550 bits per heavy atom. The molecule has 5 rings (SSSR count). The molecule has 0 fully saturated rings. The van der Waals surface area contributed by atoms with Gasteiger partial charge in [-0.25, -0.2) is 9.98 Å². The van der Waals surface area contributed by atoms with E-state index in [2.05, 4.69) is 82.5 Å². The molecule has 0 radical (unpaired) electrons. The number of H-pyrrole nitrogens is 3. The fourth-order valence-corrected chi connectivity index (χ4v) is 6.93. The van der Waals surface area contributed by atoms with Crippen molar-refractivity contribution in [3.8, 4) is 0 Å². The fourth-order valence-electron chi connectivity index (χ4n) is 6.93. The van der Waals surface area contributed by atoms with E-state index in [1.54, 1.807) is 0 Å². The number of hydrogen-bond donors (Lipinski definition) is 3. The molecule has 0 aromatic carbocycles. The molecule has 6 nitrogen and oxygen atoms in total. The topological polar surface area (TPSA) is 84.5 Å². The van der Waals surface area contributed by atoms with E-state index in [1.165, 1.54) is 44.5 Å². The Balaban J connectivity index is 1.96. The second-order valence-electron chi connectivity index (χ2n) is 10.8. The van der Waals surface area contributed by atoms with Crippen molar-refractivity contribution in [1.29, 1.82) is 0 Å². The van der Waals surface area contributed by atoms with E-state index in [4.69, 9.17) is 15.0 Å². The lowest BCUT2D eigenvalue weighted by Crippen LogP contribution is -2.17. The van der Waals surface area contributed by atoms with E-state index in [1.807, 2.05) is 0 Å². The average Bonchev–Trinajstić information content (AvgIpc) is 3.67. The number of fused-ring (bicyclic) bond motifs is 7. The molecule has 2 aliphatic heterocycles. The lowest BCUT2D eigenvalue weighted by Gasteiger charge is -2.07. The van der Waals surface area contributed by atoms with Gasteiger partial charge in [-0.05, 0) is 108 Å². The highest BCUT2D eigenvalue weighted by atomic mass is 15.1. The molecular formula is C34H46N6. The van der Waals surface area contributed by atoms with Crippen LogP contribution >= 0.6 is 0 Å². The molecule has 2 aliphatic rings. The molecule has 6 heteroatoms. The van der Waals surface area contributed by atoms with Gasteiger partial charge in [0.15, 0.2) is 6.17 Å². The second kappa shape index (κ2) is 11.6. The number of rotatable bonds is 8. The first kappa shape index (κ1) is 28.1. The largest absolute Gasteiger partial charge is 0.340 e. The van der Waals surface area contributed by atoms with Gasteiger partial charge in [-0.15, -0.1) is 0 Å². The molecule has 212 valence electrons. The predicted molar refractivity (Wildman–Crippen MR) is 167 cm³/mol. The Morgan fingerprint density at radius 2 is 1.12 bits per heavy atom. The van der Waals surface area contributed by atoms with Crippen LogP contribution in [-0.2, 0) is 38.5 Å². The van der Waals surface area contributed by atoms with E-state index in [0.717, 1.165) is 90.3 Å². The number of aromatic amines is 3. The predicted octanol–water partition coefficient (Wildman–Crippen LogP) is 5.14. The van der Waals surface area contributed by atoms with E-state index in [0.29, 0.717) is 0 Å². The highest BCUT2D eigenvalue weighted by Crippen LogP contribution is 2.29. The van der Waals surface area contributed by atoms with E-state index in [9.17, 15) is 0 Å². The quantitative estimate of drug-likeness (QED) is 0.355. The van der Waals surface area contributed by atoms with Crippen molar-refractivity contribution in [2.75, 3.05) is 0 Å². The van der Waals surface area contributed by atoms with Gasteiger partial charge >= 0.3 is 0 Å². The maximum absolute atomic E-state index is 5.32.